The number of fused-ring (bicyclic) bond motifs is 1. The van der Waals surface area contributed by atoms with Gasteiger partial charge < -0.3 is 26.6 Å². The van der Waals surface area contributed by atoms with Gasteiger partial charge in [0.15, 0.2) is 0 Å². The van der Waals surface area contributed by atoms with Gasteiger partial charge in [0.2, 0.25) is 0 Å². The number of likely N-dealkylation sites (tertiary alicyclic amines) is 1. The summed E-state index contributed by atoms with van der Waals surface area (Å²) in [5.74, 6) is -0.153. The van der Waals surface area contributed by atoms with E-state index in [9.17, 15) is 9.59 Å². The molecule has 34 heavy (non-hydrogen) atoms. The van der Waals surface area contributed by atoms with Gasteiger partial charge in [0.25, 0.3) is 5.91 Å². The van der Waals surface area contributed by atoms with E-state index in [0.717, 1.165) is 43.6 Å². The van der Waals surface area contributed by atoms with Crippen LogP contribution in [0.5, 0.6) is 0 Å². The number of carbonyl (C=O) groups excluding carboxylic acids is 2. The van der Waals surface area contributed by atoms with Gasteiger partial charge in [0.05, 0.1) is 6.04 Å². The molecule has 1 atom stereocenters. The molecule has 0 radical (unpaired) electrons. The van der Waals surface area contributed by atoms with E-state index in [0.29, 0.717) is 23.5 Å². The van der Waals surface area contributed by atoms with E-state index in [1.807, 2.05) is 53.4 Å². The zero-order valence-electron chi connectivity index (χ0n) is 19.0. The second-order valence-corrected chi connectivity index (χ2v) is 8.90. The minimum absolute atomic E-state index is 0.0800. The lowest BCUT2D eigenvalue weighted by molar-refractivity contribution is 0.102. The molecule has 0 aliphatic carbocycles. The Balaban J connectivity index is 1.30. The number of rotatable bonds is 4. The number of nitrogens with zero attached hydrogens (tertiary/aromatic N) is 1. The van der Waals surface area contributed by atoms with Crippen molar-refractivity contribution in [2.24, 2.45) is 0 Å². The Labute approximate surface area is 199 Å². The molecule has 2 heterocycles. The summed E-state index contributed by atoms with van der Waals surface area (Å²) in [5, 5.41) is 9.34. The topological polar surface area (TPSA) is 99.5 Å². The molecule has 7 nitrogen and oxygen atoms in total. The lowest BCUT2D eigenvalue weighted by Gasteiger charge is -2.26. The van der Waals surface area contributed by atoms with Crippen LogP contribution < -0.4 is 21.7 Å². The van der Waals surface area contributed by atoms with E-state index < -0.39 is 0 Å². The molecule has 1 fully saturated rings. The van der Waals surface area contributed by atoms with Crippen molar-refractivity contribution in [1.29, 1.82) is 0 Å². The first kappa shape index (κ1) is 22.0. The molecule has 0 unspecified atom stereocenters. The summed E-state index contributed by atoms with van der Waals surface area (Å²) in [6, 6.07) is 20.6. The number of anilines is 3. The number of urea groups is 1. The Kier molecular flexibility index (Phi) is 6.18. The normalized spacial score (nSPS) is 17.2. The maximum atomic E-state index is 13.0. The van der Waals surface area contributed by atoms with Gasteiger partial charge >= 0.3 is 6.03 Å². The third-order valence-electron chi connectivity index (χ3n) is 6.54. The molecule has 7 heteroatoms. The number of carbonyl (C=O) groups is 2. The standard InChI is InChI=1S/C27H29N5O2/c28-22-6-2-7-23(16-22)31-27(34)32-13-3-8-25(32)19-4-1-5-20(14-19)26(33)30-24-10-9-18-11-12-29-17-21(18)15-24/h1-2,4-7,9-10,14-16,25,29H,3,8,11-13,17,28H2,(H,30,33)(H,31,34)/t25-/m0/s1. The van der Waals surface area contributed by atoms with Crippen molar-refractivity contribution >= 4 is 29.0 Å². The smallest absolute Gasteiger partial charge is 0.322 e. The van der Waals surface area contributed by atoms with E-state index in [1.54, 1.807) is 12.1 Å². The number of hydrogen-bond acceptors (Lipinski definition) is 4. The van der Waals surface area contributed by atoms with Crippen LogP contribution in [-0.2, 0) is 13.0 Å². The molecule has 0 aromatic heterocycles. The van der Waals surface area contributed by atoms with Gasteiger partial charge in [-0.2, -0.15) is 0 Å². The molecule has 0 bridgehead atoms. The summed E-state index contributed by atoms with van der Waals surface area (Å²) >= 11 is 0. The largest absolute Gasteiger partial charge is 0.399 e. The number of nitrogens with two attached hydrogens (primary N) is 1. The van der Waals surface area contributed by atoms with E-state index in [2.05, 4.69) is 22.0 Å². The van der Waals surface area contributed by atoms with Crippen molar-refractivity contribution in [2.75, 3.05) is 29.5 Å². The first-order valence-corrected chi connectivity index (χ1v) is 11.7. The average Bonchev–Trinajstić information content (AvgIpc) is 3.34. The summed E-state index contributed by atoms with van der Waals surface area (Å²) in [5.41, 5.74) is 12.0. The van der Waals surface area contributed by atoms with Gasteiger partial charge in [0.1, 0.15) is 0 Å². The minimum Gasteiger partial charge on any atom is -0.399 e. The summed E-state index contributed by atoms with van der Waals surface area (Å²) in [7, 11) is 0. The highest BCUT2D eigenvalue weighted by Gasteiger charge is 2.30. The number of amides is 3. The Morgan fingerprint density at radius 2 is 1.79 bits per heavy atom. The zero-order valence-corrected chi connectivity index (χ0v) is 19.0. The summed E-state index contributed by atoms with van der Waals surface area (Å²) in [6.07, 6.45) is 2.77. The Bertz CT molecular complexity index is 1230. The minimum atomic E-state index is -0.161. The maximum Gasteiger partial charge on any atom is 0.322 e. The molecule has 174 valence electrons. The summed E-state index contributed by atoms with van der Waals surface area (Å²) in [6.45, 7) is 2.48. The van der Waals surface area contributed by atoms with Crippen LogP contribution in [0.15, 0.2) is 66.7 Å². The second-order valence-electron chi connectivity index (χ2n) is 8.90. The van der Waals surface area contributed by atoms with Gasteiger partial charge in [-0.05, 0) is 85.0 Å². The Morgan fingerprint density at radius 3 is 2.68 bits per heavy atom. The van der Waals surface area contributed by atoms with Crippen molar-refractivity contribution in [3.63, 3.8) is 0 Å². The highest BCUT2D eigenvalue weighted by molar-refractivity contribution is 6.04. The molecule has 1 saturated heterocycles. The molecule has 3 amide bonds. The monoisotopic (exact) mass is 455 g/mol. The van der Waals surface area contributed by atoms with Crippen molar-refractivity contribution < 1.29 is 9.59 Å². The van der Waals surface area contributed by atoms with Crippen LogP contribution in [0.2, 0.25) is 0 Å². The number of hydrogen-bond donors (Lipinski definition) is 4. The van der Waals surface area contributed by atoms with Crippen molar-refractivity contribution in [1.82, 2.24) is 10.2 Å². The molecule has 2 aliphatic heterocycles. The molecule has 2 aliphatic rings. The molecule has 3 aromatic rings. The van der Waals surface area contributed by atoms with Gasteiger partial charge in [-0.25, -0.2) is 4.79 Å². The van der Waals surface area contributed by atoms with Crippen LogP contribution >= 0.6 is 0 Å². The third-order valence-corrected chi connectivity index (χ3v) is 6.54. The van der Waals surface area contributed by atoms with Gasteiger partial charge in [0, 0.05) is 35.7 Å². The zero-order chi connectivity index (χ0) is 23.5. The number of nitrogens with one attached hydrogen (secondary N) is 3. The van der Waals surface area contributed by atoms with Crippen molar-refractivity contribution in [3.05, 3.63) is 89.0 Å². The highest BCUT2D eigenvalue weighted by atomic mass is 16.2. The van der Waals surface area contributed by atoms with Crippen LogP contribution in [0.25, 0.3) is 0 Å². The highest BCUT2D eigenvalue weighted by Crippen LogP contribution is 2.33. The quantitative estimate of drug-likeness (QED) is 0.434. The second kappa shape index (κ2) is 9.57. The van der Waals surface area contributed by atoms with Crippen LogP contribution in [0.3, 0.4) is 0 Å². The Hall–Kier alpha value is -3.84. The number of nitrogen functional groups attached to an aromatic ring is 1. The lowest BCUT2D eigenvalue weighted by atomic mass is 10.00. The molecule has 0 saturated carbocycles. The molecular formula is C27H29N5O2. The summed E-state index contributed by atoms with van der Waals surface area (Å²) in [4.78, 5) is 27.8. The summed E-state index contributed by atoms with van der Waals surface area (Å²) < 4.78 is 0. The van der Waals surface area contributed by atoms with Gasteiger partial charge in [-0.3, -0.25) is 4.79 Å². The first-order chi connectivity index (χ1) is 16.6. The fourth-order valence-electron chi connectivity index (χ4n) is 4.82. The SMILES string of the molecule is Nc1cccc(NC(=O)N2CCC[C@H]2c2cccc(C(=O)Nc3ccc4c(c3)CNCC4)c2)c1. The Morgan fingerprint density at radius 1 is 0.941 bits per heavy atom. The van der Waals surface area contributed by atoms with Crippen LogP contribution in [0.4, 0.5) is 21.9 Å². The first-order valence-electron chi connectivity index (χ1n) is 11.7. The molecule has 0 spiro atoms. The van der Waals surface area contributed by atoms with Crippen LogP contribution in [0.1, 0.15) is 45.9 Å². The van der Waals surface area contributed by atoms with E-state index >= 15 is 0 Å². The van der Waals surface area contributed by atoms with Crippen LogP contribution in [-0.4, -0.2) is 29.9 Å². The third kappa shape index (κ3) is 4.75. The molecule has 3 aromatic carbocycles. The van der Waals surface area contributed by atoms with Crippen molar-refractivity contribution in [2.45, 2.75) is 31.8 Å². The fourth-order valence-corrected chi connectivity index (χ4v) is 4.82. The van der Waals surface area contributed by atoms with Crippen molar-refractivity contribution in [3.8, 4) is 0 Å². The average molecular weight is 456 g/mol. The molecular weight excluding hydrogens is 426 g/mol. The maximum absolute atomic E-state index is 13.0. The predicted octanol–water partition coefficient (Wildman–Crippen LogP) is 4.54. The predicted molar refractivity (Wildman–Crippen MR) is 135 cm³/mol. The van der Waals surface area contributed by atoms with E-state index in [1.165, 1.54) is 11.1 Å². The number of benzene rings is 3. The van der Waals surface area contributed by atoms with Crippen LogP contribution in [0, 0.1) is 0 Å². The van der Waals surface area contributed by atoms with Gasteiger partial charge in [-0.15, -0.1) is 0 Å². The van der Waals surface area contributed by atoms with Gasteiger partial charge in [-0.1, -0.05) is 24.3 Å². The fraction of sp³-hybridized carbons (Fsp3) is 0.259. The van der Waals surface area contributed by atoms with E-state index in [4.69, 9.17) is 5.73 Å². The molecule has 5 rings (SSSR count). The molecule has 5 N–H and O–H groups in total. The van der Waals surface area contributed by atoms with E-state index in [-0.39, 0.29) is 18.0 Å². The lowest BCUT2D eigenvalue weighted by Crippen LogP contribution is -2.34.